The highest BCUT2D eigenvalue weighted by Gasteiger charge is 2.09. The Balaban J connectivity index is 1.99. The zero-order chi connectivity index (χ0) is 15.5. The minimum Gasteiger partial charge on any atom is -0.507 e. The van der Waals surface area contributed by atoms with Gasteiger partial charge in [0.05, 0.1) is 5.56 Å². The predicted octanol–water partition coefficient (Wildman–Crippen LogP) is 4.92. The summed E-state index contributed by atoms with van der Waals surface area (Å²) in [5.74, 6) is -0.121. The molecule has 0 spiro atoms. The minimum atomic E-state index is -0.142. The Bertz CT molecular complexity index is 876. The van der Waals surface area contributed by atoms with E-state index < -0.39 is 0 Å². The minimum absolute atomic E-state index is 0.0214. The maximum atomic E-state index is 11.7. The molecule has 0 heterocycles. The van der Waals surface area contributed by atoms with Crippen molar-refractivity contribution in [1.82, 2.24) is 0 Å². The van der Waals surface area contributed by atoms with Crippen molar-refractivity contribution >= 4 is 28.7 Å². The van der Waals surface area contributed by atoms with Gasteiger partial charge in [-0.3, -0.25) is 4.79 Å². The molecule has 0 unspecified atom stereocenters. The monoisotopic (exact) mass is 288 g/mol. The fraction of sp³-hybridized carbons (Fsp3) is 0.0500. The van der Waals surface area contributed by atoms with Gasteiger partial charge in [0, 0.05) is 0 Å². The highest BCUT2D eigenvalue weighted by atomic mass is 16.3. The van der Waals surface area contributed by atoms with Gasteiger partial charge < -0.3 is 5.11 Å². The number of hydrogen-bond donors (Lipinski definition) is 1. The SMILES string of the molecule is CC(=O)c1c(O)cccc1/C=C/c1ccc2ccccc2c1. The fourth-order valence-electron chi connectivity index (χ4n) is 2.58. The zero-order valence-corrected chi connectivity index (χ0v) is 12.3. The predicted molar refractivity (Wildman–Crippen MR) is 91.0 cm³/mol. The summed E-state index contributed by atoms with van der Waals surface area (Å²) in [6, 6.07) is 19.5. The van der Waals surface area contributed by atoms with Crippen molar-refractivity contribution < 1.29 is 9.90 Å². The average Bonchev–Trinajstić information content (AvgIpc) is 2.52. The maximum Gasteiger partial charge on any atom is 0.164 e. The first kappa shape index (κ1) is 14.1. The van der Waals surface area contributed by atoms with E-state index in [1.54, 1.807) is 6.07 Å². The Kier molecular flexibility index (Phi) is 3.75. The lowest BCUT2D eigenvalue weighted by Crippen LogP contribution is -1.96. The molecule has 1 N–H and O–H groups in total. The van der Waals surface area contributed by atoms with Crippen molar-refractivity contribution in [2.45, 2.75) is 6.92 Å². The summed E-state index contributed by atoms with van der Waals surface area (Å²) in [7, 11) is 0. The van der Waals surface area contributed by atoms with E-state index in [2.05, 4.69) is 24.3 Å². The first-order chi connectivity index (χ1) is 10.6. The van der Waals surface area contributed by atoms with Gasteiger partial charge in [-0.2, -0.15) is 0 Å². The van der Waals surface area contributed by atoms with Crippen LogP contribution in [0.3, 0.4) is 0 Å². The summed E-state index contributed by atoms with van der Waals surface area (Å²) in [6.07, 6.45) is 3.81. The highest BCUT2D eigenvalue weighted by Crippen LogP contribution is 2.24. The van der Waals surface area contributed by atoms with Crippen LogP contribution in [0.25, 0.3) is 22.9 Å². The van der Waals surface area contributed by atoms with Crippen LogP contribution in [0.15, 0.2) is 60.7 Å². The molecule has 0 saturated carbocycles. The Morgan fingerprint density at radius 3 is 2.45 bits per heavy atom. The summed E-state index contributed by atoms with van der Waals surface area (Å²) in [6.45, 7) is 1.46. The van der Waals surface area contributed by atoms with Gasteiger partial charge in [0.2, 0.25) is 0 Å². The Hall–Kier alpha value is -2.87. The van der Waals surface area contributed by atoms with Crippen molar-refractivity contribution in [3.05, 3.63) is 77.4 Å². The molecule has 2 nitrogen and oxygen atoms in total. The molecule has 0 aliphatic rings. The van der Waals surface area contributed by atoms with Crippen molar-refractivity contribution in [3.8, 4) is 5.75 Å². The first-order valence-electron chi connectivity index (χ1n) is 7.15. The smallest absolute Gasteiger partial charge is 0.164 e. The molecule has 3 aromatic rings. The molecule has 0 bridgehead atoms. The van der Waals surface area contributed by atoms with E-state index in [0.29, 0.717) is 5.56 Å². The quantitative estimate of drug-likeness (QED) is 0.548. The Labute approximate surface area is 129 Å². The third-order valence-electron chi connectivity index (χ3n) is 3.66. The van der Waals surface area contributed by atoms with Crippen molar-refractivity contribution in [1.29, 1.82) is 0 Å². The number of rotatable bonds is 3. The van der Waals surface area contributed by atoms with Crippen LogP contribution in [0.1, 0.15) is 28.4 Å². The van der Waals surface area contributed by atoms with Crippen LogP contribution in [0, 0.1) is 0 Å². The van der Waals surface area contributed by atoms with Gasteiger partial charge in [-0.1, -0.05) is 60.7 Å². The van der Waals surface area contributed by atoms with Crippen molar-refractivity contribution in [2.24, 2.45) is 0 Å². The summed E-state index contributed by atoms with van der Waals surface area (Å²) < 4.78 is 0. The first-order valence-corrected chi connectivity index (χ1v) is 7.15. The van der Waals surface area contributed by atoms with Gasteiger partial charge in [-0.15, -0.1) is 0 Å². The molecule has 0 aromatic heterocycles. The number of phenolic OH excluding ortho intramolecular Hbond substituents is 1. The Morgan fingerprint density at radius 2 is 1.68 bits per heavy atom. The van der Waals surface area contributed by atoms with Crippen LogP contribution in [0.5, 0.6) is 5.75 Å². The average molecular weight is 288 g/mol. The molecule has 0 saturated heterocycles. The molecular weight excluding hydrogens is 272 g/mol. The molecule has 0 aliphatic carbocycles. The van der Waals surface area contributed by atoms with Crippen LogP contribution >= 0.6 is 0 Å². The molecule has 0 atom stereocenters. The summed E-state index contributed by atoms with van der Waals surface area (Å²) in [5.41, 5.74) is 2.14. The Morgan fingerprint density at radius 1 is 0.909 bits per heavy atom. The zero-order valence-electron chi connectivity index (χ0n) is 12.3. The molecule has 0 radical (unpaired) electrons. The van der Waals surface area contributed by atoms with Gasteiger partial charge in [-0.05, 0) is 41.0 Å². The number of Topliss-reactive ketones (excluding diaryl/α,β-unsaturated/α-hetero) is 1. The number of carbonyl (C=O) groups is 1. The van der Waals surface area contributed by atoms with Crippen molar-refractivity contribution in [2.75, 3.05) is 0 Å². The van der Waals surface area contributed by atoms with E-state index in [1.165, 1.54) is 23.8 Å². The number of carbonyl (C=O) groups excluding carboxylic acids is 1. The van der Waals surface area contributed by atoms with E-state index in [4.69, 9.17) is 0 Å². The van der Waals surface area contributed by atoms with E-state index in [0.717, 1.165) is 11.1 Å². The van der Waals surface area contributed by atoms with Crippen LogP contribution in [-0.4, -0.2) is 10.9 Å². The lowest BCUT2D eigenvalue weighted by atomic mass is 10.0. The highest BCUT2D eigenvalue weighted by molar-refractivity contribution is 6.01. The fourth-order valence-corrected chi connectivity index (χ4v) is 2.58. The van der Waals surface area contributed by atoms with Crippen LogP contribution in [-0.2, 0) is 0 Å². The van der Waals surface area contributed by atoms with Crippen molar-refractivity contribution in [3.63, 3.8) is 0 Å². The lowest BCUT2D eigenvalue weighted by molar-refractivity contribution is 0.101. The summed E-state index contributed by atoms with van der Waals surface area (Å²) in [5, 5.41) is 12.2. The molecule has 0 aliphatic heterocycles. The van der Waals surface area contributed by atoms with Gasteiger partial charge in [0.1, 0.15) is 5.75 Å². The third-order valence-corrected chi connectivity index (χ3v) is 3.66. The topological polar surface area (TPSA) is 37.3 Å². The number of ketones is 1. The number of benzene rings is 3. The molecule has 22 heavy (non-hydrogen) atoms. The number of aromatic hydroxyl groups is 1. The molecule has 0 fully saturated rings. The summed E-state index contributed by atoms with van der Waals surface area (Å²) >= 11 is 0. The molecular formula is C20H16O2. The molecule has 108 valence electrons. The summed E-state index contributed by atoms with van der Waals surface area (Å²) in [4.78, 5) is 11.7. The van der Waals surface area contributed by atoms with E-state index >= 15 is 0 Å². The van der Waals surface area contributed by atoms with Gasteiger partial charge in [0.25, 0.3) is 0 Å². The van der Waals surface area contributed by atoms with E-state index in [-0.39, 0.29) is 11.5 Å². The largest absolute Gasteiger partial charge is 0.507 e. The molecule has 0 amide bonds. The van der Waals surface area contributed by atoms with Crippen LogP contribution in [0.2, 0.25) is 0 Å². The second-order valence-electron chi connectivity index (χ2n) is 5.24. The molecule has 2 heteroatoms. The molecule has 3 aromatic carbocycles. The van der Waals surface area contributed by atoms with Crippen LogP contribution < -0.4 is 0 Å². The van der Waals surface area contributed by atoms with Gasteiger partial charge in [-0.25, -0.2) is 0 Å². The number of fused-ring (bicyclic) bond motifs is 1. The number of phenols is 1. The van der Waals surface area contributed by atoms with E-state index in [1.807, 2.05) is 36.4 Å². The maximum absolute atomic E-state index is 11.7. The van der Waals surface area contributed by atoms with E-state index in [9.17, 15) is 9.90 Å². The molecule has 3 rings (SSSR count). The van der Waals surface area contributed by atoms with Crippen LogP contribution in [0.4, 0.5) is 0 Å². The third kappa shape index (κ3) is 2.77. The normalized spacial score (nSPS) is 11.1. The van der Waals surface area contributed by atoms with Gasteiger partial charge >= 0.3 is 0 Å². The number of hydrogen-bond acceptors (Lipinski definition) is 2. The van der Waals surface area contributed by atoms with Gasteiger partial charge in [0.15, 0.2) is 5.78 Å². The lowest BCUT2D eigenvalue weighted by Gasteiger charge is -2.05. The standard InChI is InChI=1S/C20H16O2/c1-14(21)20-17(7-4-8-19(20)22)12-10-15-9-11-16-5-2-3-6-18(16)13-15/h2-13,22H,1H3/b12-10+. The second-order valence-corrected chi connectivity index (χ2v) is 5.24. The second kappa shape index (κ2) is 5.86.